The first-order valence-corrected chi connectivity index (χ1v) is 8.20. The summed E-state index contributed by atoms with van der Waals surface area (Å²) in [7, 11) is 0. The van der Waals surface area contributed by atoms with Crippen LogP contribution in [0.5, 0.6) is 0 Å². The molecule has 2 aromatic carbocycles. The number of anilines is 1. The maximum Gasteiger partial charge on any atom is 0.246 e. The summed E-state index contributed by atoms with van der Waals surface area (Å²) in [4.78, 5) is 16.4. The smallest absolute Gasteiger partial charge is 0.246 e. The number of aromatic nitrogens is 1. The summed E-state index contributed by atoms with van der Waals surface area (Å²) in [6.45, 7) is 1.48. The van der Waals surface area contributed by atoms with Gasteiger partial charge in [0, 0.05) is 11.4 Å². The second-order valence-corrected chi connectivity index (χ2v) is 6.52. The van der Waals surface area contributed by atoms with Crippen LogP contribution in [-0.2, 0) is 4.79 Å². The summed E-state index contributed by atoms with van der Waals surface area (Å²) in [5, 5.41) is 6.16. The third-order valence-electron chi connectivity index (χ3n) is 2.94. The van der Waals surface area contributed by atoms with E-state index in [0.29, 0.717) is 5.13 Å². The minimum Gasteiger partial charge on any atom is -0.273 e. The van der Waals surface area contributed by atoms with E-state index in [-0.39, 0.29) is 5.91 Å². The molecule has 0 aliphatic carbocycles. The van der Waals surface area contributed by atoms with E-state index in [1.54, 1.807) is 6.21 Å². The van der Waals surface area contributed by atoms with E-state index in [1.165, 1.54) is 23.3 Å². The van der Waals surface area contributed by atoms with Gasteiger partial charge in [-0.25, -0.2) is 4.98 Å². The fourth-order valence-corrected chi connectivity index (χ4v) is 3.43. The van der Waals surface area contributed by atoms with Crippen LogP contribution in [0.25, 0.3) is 10.2 Å². The average Bonchev–Trinajstić information content (AvgIpc) is 2.90. The minimum absolute atomic E-state index is 0.176. The lowest BCUT2D eigenvalue weighted by molar-refractivity contribution is -0.116. The topological polar surface area (TPSA) is 45.6 Å². The van der Waals surface area contributed by atoms with Gasteiger partial charge in [-0.15, -0.1) is 0 Å². The lowest BCUT2D eigenvalue weighted by Gasteiger charge is -2.10. The van der Waals surface area contributed by atoms with Crippen molar-refractivity contribution in [3.05, 3.63) is 58.6 Å². The molecule has 3 rings (SSSR count). The highest BCUT2D eigenvalue weighted by molar-refractivity contribution is 9.10. The number of hydrogen-bond acceptors (Lipinski definition) is 4. The molecule has 0 radical (unpaired) electrons. The number of carbonyl (C=O) groups excluding carboxylic acids is 1. The number of hydrogen-bond donors (Lipinski definition) is 0. The Balaban J connectivity index is 1.96. The highest BCUT2D eigenvalue weighted by Gasteiger charge is 2.15. The molecule has 1 aromatic heterocycles. The molecule has 0 unspecified atom stereocenters. The monoisotopic (exact) mass is 373 g/mol. The zero-order valence-corrected chi connectivity index (χ0v) is 14.1. The van der Waals surface area contributed by atoms with E-state index < -0.39 is 0 Å². The van der Waals surface area contributed by atoms with Crippen LogP contribution in [0.15, 0.2) is 58.1 Å². The maximum atomic E-state index is 11.9. The van der Waals surface area contributed by atoms with Crippen LogP contribution in [0, 0.1) is 0 Å². The number of nitrogens with zero attached hydrogens (tertiary/aromatic N) is 3. The molecule has 0 saturated carbocycles. The second-order valence-electron chi connectivity index (χ2n) is 4.59. The van der Waals surface area contributed by atoms with Gasteiger partial charge < -0.3 is 0 Å². The summed E-state index contributed by atoms with van der Waals surface area (Å²) in [5.41, 5.74) is 1.78. The van der Waals surface area contributed by atoms with Gasteiger partial charge in [-0.1, -0.05) is 57.6 Å². The molecule has 3 aromatic rings. The molecular weight excluding hydrogens is 362 g/mol. The first kappa shape index (κ1) is 14.9. The van der Waals surface area contributed by atoms with E-state index in [2.05, 4.69) is 26.0 Å². The predicted octanol–water partition coefficient (Wildman–Crippen LogP) is 4.45. The van der Waals surface area contributed by atoms with Crippen molar-refractivity contribution < 1.29 is 4.79 Å². The van der Waals surface area contributed by atoms with Crippen LogP contribution in [0.2, 0.25) is 0 Å². The molecule has 0 spiro atoms. The Morgan fingerprint density at radius 3 is 2.77 bits per heavy atom. The van der Waals surface area contributed by atoms with Crippen LogP contribution in [0.4, 0.5) is 5.13 Å². The molecule has 0 aliphatic heterocycles. The van der Waals surface area contributed by atoms with Crippen molar-refractivity contribution in [2.24, 2.45) is 5.10 Å². The number of thiazole rings is 1. The molecule has 0 N–H and O–H groups in total. The number of rotatable bonds is 3. The van der Waals surface area contributed by atoms with E-state index in [1.807, 2.05) is 48.5 Å². The van der Waals surface area contributed by atoms with Gasteiger partial charge in [-0.05, 0) is 23.8 Å². The molecule has 4 nitrogen and oxygen atoms in total. The maximum absolute atomic E-state index is 11.9. The Morgan fingerprint density at radius 1 is 1.27 bits per heavy atom. The Morgan fingerprint density at radius 2 is 2.05 bits per heavy atom. The molecule has 1 heterocycles. The standard InChI is InChI=1S/C16H12BrN3OS/c1-11(21)20(18-10-12-5-3-2-4-6-12)16-19-14-8-7-13(17)9-15(14)22-16/h2-10H,1H3/b18-10-. The lowest BCUT2D eigenvalue weighted by atomic mass is 10.2. The van der Waals surface area contributed by atoms with E-state index in [0.717, 1.165) is 20.3 Å². The van der Waals surface area contributed by atoms with Crippen molar-refractivity contribution in [2.75, 3.05) is 5.01 Å². The molecule has 0 bridgehead atoms. The fourth-order valence-electron chi connectivity index (χ4n) is 1.91. The highest BCUT2D eigenvalue weighted by atomic mass is 79.9. The van der Waals surface area contributed by atoms with Crippen molar-refractivity contribution in [3.63, 3.8) is 0 Å². The average molecular weight is 374 g/mol. The zero-order chi connectivity index (χ0) is 15.5. The summed E-state index contributed by atoms with van der Waals surface area (Å²) in [6, 6.07) is 15.5. The first-order valence-electron chi connectivity index (χ1n) is 6.59. The lowest BCUT2D eigenvalue weighted by Crippen LogP contribution is -2.22. The largest absolute Gasteiger partial charge is 0.273 e. The van der Waals surface area contributed by atoms with E-state index >= 15 is 0 Å². The number of carbonyl (C=O) groups is 1. The summed E-state index contributed by atoms with van der Waals surface area (Å²) < 4.78 is 1.99. The van der Waals surface area contributed by atoms with Gasteiger partial charge in [0.2, 0.25) is 11.0 Å². The molecule has 6 heteroatoms. The molecule has 22 heavy (non-hydrogen) atoms. The zero-order valence-electron chi connectivity index (χ0n) is 11.7. The van der Waals surface area contributed by atoms with Crippen LogP contribution < -0.4 is 5.01 Å². The van der Waals surface area contributed by atoms with Gasteiger partial charge >= 0.3 is 0 Å². The van der Waals surface area contributed by atoms with Gasteiger partial charge in [0.05, 0.1) is 16.4 Å². The Kier molecular flexibility index (Phi) is 4.31. The van der Waals surface area contributed by atoms with E-state index in [4.69, 9.17) is 0 Å². The molecule has 0 aliphatic rings. The minimum atomic E-state index is -0.176. The summed E-state index contributed by atoms with van der Waals surface area (Å²) >= 11 is 4.87. The number of hydrazone groups is 1. The van der Waals surface area contributed by atoms with Crippen LogP contribution in [0.1, 0.15) is 12.5 Å². The van der Waals surface area contributed by atoms with Crippen molar-refractivity contribution in [1.29, 1.82) is 0 Å². The molecular formula is C16H12BrN3OS. The Hall–Kier alpha value is -2.05. The fraction of sp³-hybridized carbons (Fsp3) is 0.0625. The van der Waals surface area contributed by atoms with Gasteiger partial charge in [-0.2, -0.15) is 10.1 Å². The quantitative estimate of drug-likeness (QED) is 0.502. The molecule has 110 valence electrons. The SMILES string of the molecule is CC(=O)N(/N=C\c1ccccc1)c1nc2ccc(Br)cc2s1. The normalized spacial score (nSPS) is 11.2. The molecule has 1 amide bonds. The third kappa shape index (κ3) is 3.23. The van der Waals surface area contributed by atoms with Crippen LogP contribution >= 0.6 is 27.3 Å². The van der Waals surface area contributed by atoms with Crippen molar-refractivity contribution >= 4 is 54.7 Å². The van der Waals surface area contributed by atoms with Crippen molar-refractivity contribution in [1.82, 2.24) is 4.98 Å². The molecule has 0 atom stereocenters. The number of benzene rings is 2. The van der Waals surface area contributed by atoms with Crippen LogP contribution in [0.3, 0.4) is 0 Å². The Bertz CT molecular complexity index is 845. The molecule has 0 fully saturated rings. The third-order valence-corrected chi connectivity index (χ3v) is 4.43. The summed E-state index contributed by atoms with van der Waals surface area (Å²) in [6.07, 6.45) is 1.66. The number of amides is 1. The van der Waals surface area contributed by atoms with Gasteiger partial charge in [0.15, 0.2) is 0 Å². The second kappa shape index (κ2) is 6.37. The highest BCUT2D eigenvalue weighted by Crippen LogP contribution is 2.31. The van der Waals surface area contributed by atoms with Gasteiger partial charge in [0.25, 0.3) is 0 Å². The van der Waals surface area contributed by atoms with Gasteiger partial charge in [-0.3, -0.25) is 4.79 Å². The number of halogens is 1. The van der Waals surface area contributed by atoms with E-state index in [9.17, 15) is 4.79 Å². The molecule has 0 saturated heterocycles. The number of fused-ring (bicyclic) bond motifs is 1. The summed E-state index contributed by atoms with van der Waals surface area (Å²) in [5.74, 6) is -0.176. The van der Waals surface area contributed by atoms with Crippen molar-refractivity contribution in [3.8, 4) is 0 Å². The predicted molar refractivity (Wildman–Crippen MR) is 94.5 cm³/mol. The van der Waals surface area contributed by atoms with Gasteiger partial charge in [0.1, 0.15) is 0 Å². The Labute approximate surface area is 140 Å². The van der Waals surface area contributed by atoms with Crippen LogP contribution in [-0.4, -0.2) is 17.1 Å². The first-order chi connectivity index (χ1) is 10.6. The van der Waals surface area contributed by atoms with Crippen molar-refractivity contribution in [2.45, 2.75) is 6.92 Å².